The molecule has 766 valence electrons. The number of amides is 4. The third-order valence-electron chi connectivity index (χ3n) is 39.0. The van der Waals surface area contributed by atoms with Crippen LogP contribution in [0, 0.1) is 126 Å². The SMILES string of the molecule is C=C1C[C@]23C[C@@]1(O)CC[C@H]2C1=C[C@@H](OC)[C@H](O)[C@@](C)(C(C)=O)C1[C@@H]3C(=O)NCCBr.C=C1C[C@]23C[C@@]1(O)CC[C@H]2C1=C[C@@H](OC)[C@H](O)[C@@](C)(C(C)=O)C1[C@@H]3C(=O)NCCc1ccc(OC)cc1.C=C1C[C@]23C[C@@]1(O)CC[C@H]2C1=C[C@@H](OC)[C@H](O)[C@@](C)(C(C)=O)C1[C@@H]3C(=O)NCc1c(F)cccc1F.C=C1C[C@]23C[C@@]1(O)CC[C@H]2C1=C[C@@H](OC)[C@H](O)[C@@](C)(C(C)=O)C1[C@@H]3C(=O)NCc1ccc(OC)cc1OC. The topological polar surface area (TPSA) is 411 Å². The van der Waals surface area contributed by atoms with Gasteiger partial charge in [0.25, 0.3) is 0 Å². The number of aliphatic hydroxyl groups excluding tert-OH is 4. The van der Waals surface area contributed by atoms with Gasteiger partial charge in [0.2, 0.25) is 23.6 Å². The number of allylic oxidation sites excluding steroid dienone is 4. The van der Waals surface area contributed by atoms with Crippen molar-refractivity contribution in [2.45, 2.75) is 249 Å². The number of rotatable bonds is 24. The van der Waals surface area contributed by atoms with Gasteiger partial charge in [-0.2, -0.15) is 0 Å². The first-order valence-corrected chi connectivity index (χ1v) is 50.9. The molecule has 16 aliphatic rings. The standard InChI is InChI=1S/C30H39NO7.C30H39NO6.C28H33F2NO5.C23H32BrNO5/c1-16-13-29-15-30(16,35)10-9-21(29)20-12-23(38-6)26(33)28(3,17(2)32)24(20)25(29)27(34)31-14-18-7-8-19(36-4)11-22(18)37-5;1-17-15-29-16-30(17,35)12-10-22(29)21-14-23(37-5)26(33)28(3,18(2)32)24(21)25(29)27(34)31-13-11-19-6-8-20(36-4)9-7-19;1-14-11-27-13-28(14,35)9-8-18(27)16-10-21(36-4)24(33)26(3,15(2)32)22(16)23(27)25(34)31-12-17-19(29)6-5-7-20(17)30;1-12-10-22-11-23(12,29)6-5-15(22)14-9-16(30-4)19(27)21(3,13(2)26)17(14)18(22)20(28)25-8-7-24/h7-8,11-12,21,23-26,33,35H,1,9-10,13-15H2,2-6H3,(H,31,34);6-9,14,22-26,33,35H,1,10-13,15-16H2,2-5H3,(H,31,34);5-7,10,18,21-24,33,35H,1,8-9,11-13H2,2-4H3,(H,31,34);9,15-19,27,29H,1,5-8,10-11H2,2-4H3,(H,25,28)/t21-,23+,24?,25+,26-,28-,29-,30-;22-,23+,24?,25+,26-,28-,29-,30-;18-,21+,22?,23+,24-,26-,27-,28-;15-,16+,17?,18+,19-,21-,22-,23-/m0000/s1. The summed E-state index contributed by atoms with van der Waals surface area (Å²) in [6.45, 7) is 30.4. The van der Waals surface area contributed by atoms with Gasteiger partial charge in [-0.25, -0.2) is 8.78 Å². The minimum atomic E-state index is -1.33. The molecule has 27 nitrogen and oxygen atoms in total. The van der Waals surface area contributed by atoms with E-state index in [0.717, 1.165) is 74.4 Å². The van der Waals surface area contributed by atoms with E-state index in [0.29, 0.717) is 138 Å². The molecule has 19 rings (SSSR count). The summed E-state index contributed by atoms with van der Waals surface area (Å²) in [7, 11) is 10.9. The maximum atomic E-state index is 14.3. The van der Waals surface area contributed by atoms with Gasteiger partial charge in [0.1, 0.15) is 76.4 Å². The maximum absolute atomic E-state index is 14.3. The van der Waals surface area contributed by atoms with E-state index >= 15 is 0 Å². The first kappa shape index (κ1) is 105. The van der Waals surface area contributed by atoms with E-state index in [1.54, 1.807) is 55.1 Å². The number of nitrogens with one attached hydrogen (secondary N) is 4. The summed E-state index contributed by atoms with van der Waals surface area (Å²) in [6, 6.07) is 16.7. The summed E-state index contributed by atoms with van der Waals surface area (Å²) in [5.41, 5.74) is -2.73. The van der Waals surface area contributed by atoms with E-state index in [1.807, 2.05) is 60.7 Å². The summed E-state index contributed by atoms with van der Waals surface area (Å²) in [5, 5.41) is 103. The Balaban J connectivity index is 0.000000136. The fourth-order valence-electron chi connectivity index (χ4n) is 31.4. The molecular formula is C111H143BrF2N4O23. The average molecular weight is 2020 g/mol. The highest BCUT2D eigenvalue weighted by molar-refractivity contribution is 9.09. The summed E-state index contributed by atoms with van der Waals surface area (Å²) >= 11 is 3.36. The Morgan fingerprint density at radius 3 is 0.979 bits per heavy atom. The lowest BCUT2D eigenvalue weighted by Crippen LogP contribution is -2.57. The zero-order valence-electron chi connectivity index (χ0n) is 83.9. The van der Waals surface area contributed by atoms with Gasteiger partial charge < -0.3 is 95.3 Å². The number of fused-ring (bicyclic) bond motifs is 12. The van der Waals surface area contributed by atoms with Gasteiger partial charge in [0, 0.05) is 101 Å². The third kappa shape index (κ3) is 16.0. The van der Waals surface area contributed by atoms with Crippen LogP contribution < -0.4 is 35.5 Å². The van der Waals surface area contributed by atoms with Crippen molar-refractivity contribution in [3.05, 3.63) is 184 Å². The molecule has 4 spiro atoms. The number of carbonyl (C=O) groups excluding carboxylic acids is 8. The third-order valence-corrected chi connectivity index (χ3v) is 39.4. The van der Waals surface area contributed by atoms with Gasteiger partial charge in [0.05, 0.1) is 113 Å². The molecule has 0 saturated heterocycles. The molecule has 12 saturated carbocycles. The number of aliphatic hydroxyl groups is 8. The largest absolute Gasteiger partial charge is 0.497 e. The highest BCUT2D eigenvalue weighted by Gasteiger charge is 2.79. The Labute approximate surface area is 833 Å². The van der Waals surface area contributed by atoms with Crippen LogP contribution in [0.4, 0.5) is 8.78 Å². The fourth-order valence-corrected chi connectivity index (χ4v) is 31.6. The number of hydrogen-bond acceptors (Lipinski definition) is 23. The predicted molar refractivity (Wildman–Crippen MR) is 523 cm³/mol. The predicted octanol–water partition coefficient (Wildman–Crippen LogP) is 11.3. The molecule has 8 bridgehead atoms. The summed E-state index contributed by atoms with van der Waals surface area (Å²) < 4.78 is 67.0. The summed E-state index contributed by atoms with van der Waals surface area (Å²) in [6.07, 6.45) is 10.0. The number of methoxy groups -OCH3 is 7. The molecule has 32 atom stereocenters. The molecule has 3 aromatic rings. The first-order chi connectivity index (χ1) is 66.4. The van der Waals surface area contributed by atoms with Crippen molar-refractivity contribution >= 4 is 62.7 Å². The Hall–Kier alpha value is -8.60. The number of alkyl halides is 1. The van der Waals surface area contributed by atoms with E-state index in [2.05, 4.69) is 63.5 Å². The van der Waals surface area contributed by atoms with Crippen LogP contribution in [-0.2, 0) is 76.8 Å². The molecular weight excluding hydrogens is 1880 g/mol. The lowest BCUT2D eigenvalue weighted by Gasteiger charge is -2.47. The minimum Gasteiger partial charge on any atom is -0.497 e. The number of halogens is 3. The average Bonchev–Trinajstić information content (AvgIpc) is 1.52. The Morgan fingerprint density at radius 1 is 0.404 bits per heavy atom. The number of carbonyl (C=O) groups is 8. The van der Waals surface area contributed by atoms with Gasteiger partial charge in [-0.3, -0.25) is 38.4 Å². The Morgan fingerprint density at radius 2 is 0.695 bits per heavy atom. The Bertz CT molecular complexity index is 5700. The second kappa shape index (κ2) is 38.0. The van der Waals surface area contributed by atoms with Crippen LogP contribution in [0.25, 0.3) is 0 Å². The summed E-state index contributed by atoms with van der Waals surface area (Å²) in [4.78, 5) is 109. The van der Waals surface area contributed by atoms with Gasteiger partial charge in [-0.15, -0.1) is 0 Å². The molecule has 16 aliphatic carbocycles. The second-order valence-corrected chi connectivity index (χ2v) is 45.7. The number of hydrogen-bond donors (Lipinski definition) is 12. The van der Waals surface area contributed by atoms with Crippen LogP contribution in [0.3, 0.4) is 0 Å². The molecule has 30 heteroatoms. The molecule has 3 aromatic carbocycles. The smallest absolute Gasteiger partial charge is 0.224 e. The van der Waals surface area contributed by atoms with Crippen molar-refractivity contribution in [3.8, 4) is 17.2 Å². The molecule has 4 amide bonds. The molecule has 141 heavy (non-hydrogen) atoms. The number of ketones is 4. The van der Waals surface area contributed by atoms with E-state index in [9.17, 15) is 88.0 Å². The normalized spacial score (nSPS) is 41.5. The van der Waals surface area contributed by atoms with Crippen LogP contribution >= 0.6 is 15.9 Å². The van der Waals surface area contributed by atoms with Crippen LogP contribution in [-0.4, -0.2) is 227 Å². The van der Waals surface area contributed by atoms with Crippen molar-refractivity contribution < 1.29 is 121 Å². The molecule has 12 N–H and O–H groups in total. The quantitative estimate of drug-likeness (QED) is 0.0293. The van der Waals surface area contributed by atoms with Gasteiger partial charge >= 0.3 is 0 Å². The van der Waals surface area contributed by atoms with Gasteiger partial charge in [-0.1, -0.05) is 107 Å². The van der Waals surface area contributed by atoms with Crippen LogP contribution in [0.5, 0.6) is 17.2 Å². The fraction of sp³-hybridized carbons (Fsp3) is 0.622. The highest BCUT2D eigenvalue weighted by Crippen LogP contribution is 2.79. The zero-order valence-corrected chi connectivity index (χ0v) is 85.4. The number of Topliss-reactive ketones (excluding diaryl/α,β-unsaturated/α-hetero) is 4. The van der Waals surface area contributed by atoms with Crippen molar-refractivity contribution in [2.75, 3.05) is 68.2 Å². The molecule has 0 heterocycles. The van der Waals surface area contributed by atoms with E-state index in [1.165, 1.54) is 62.2 Å². The molecule has 0 aliphatic heterocycles. The summed E-state index contributed by atoms with van der Waals surface area (Å²) in [5.74, 6) is -5.75. The number of ether oxygens (including phenoxy) is 7. The second-order valence-electron chi connectivity index (χ2n) is 44.9. The first-order valence-electron chi connectivity index (χ1n) is 49.8. The van der Waals surface area contributed by atoms with Crippen molar-refractivity contribution in [2.24, 2.45) is 114 Å². The van der Waals surface area contributed by atoms with Crippen LogP contribution in [0.2, 0.25) is 0 Å². The molecule has 0 aromatic heterocycles. The van der Waals surface area contributed by atoms with Gasteiger partial charge in [0.15, 0.2) is 0 Å². The minimum absolute atomic E-state index is 0.0119. The van der Waals surface area contributed by atoms with Crippen molar-refractivity contribution in [1.29, 1.82) is 0 Å². The molecule has 12 fully saturated rings. The van der Waals surface area contributed by atoms with Crippen LogP contribution in [0.1, 0.15) is 175 Å². The highest BCUT2D eigenvalue weighted by atomic mass is 79.9. The van der Waals surface area contributed by atoms with Gasteiger partial charge in [-0.05, 0) is 274 Å². The molecule has 0 radical (unpaired) electrons. The van der Waals surface area contributed by atoms with Crippen LogP contribution in [0.15, 0.2) is 156 Å². The van der Waals surface area contributed by atoms with Crippen molar-refractivity contribution in [1.82, 2.24) is 21.3 Å². The Kier molecular flexibility index (Phi) is 28.4. The monoisotopic (exact) mass is 2020 g/mol. The van der Waals surface area contributed by atoms with E-state index in [-0.39, 0.29) is 83.2 Å². The van der Waals surface area contributed by atoms with Crippen molar-refractivity contribution in [3.63, 3.8) is 0 Å². The lowest BCUT2D eigenvalue weighted by atomic mass is 9.58. The zero-order chi connectivity index (χ0) is 103. The maximum Gasteiger partial charge on any atom is 0.224 e. The number of benzene rings is 3. The lowest BCUT2D eigenvalue weighted by molar-refractivity contribution is -0.154. The molecule has 4 unspecified atom stereocenters. The van der Waals surface area contributed by atoms with E-state index in [4.69, 9.17) is 33.2 Å². The van der Waals surface area contributed by atoms with E-state index < -0.39 is 179 Å².